The van der Waals surface area contributed by atoms with E-state index in [0.717, 1.165) is 10.9 Å². The molecule has 0 amide bonds. The maximum atomic E-state index is 13.2. The van der Waals surface area contributed by atoms with Crippen LogP contribution >= 0.6 is 22.9 Å². The maximum absolute atomic E-state index is 13.2. The summed E-state index contributed by atoms with van der Waals surface area (Å²) in [7, 11) is 0. The van der Waals surface area contributed by atoms with Crippen molar-refractivity contribution >= 4 is 22.9 Å². The smallest absolute Gasteiger partial charge is 0.159 e. The fraction of sp³-hybridized carbons (Fsp3) is 0.375. The Morgan fingerprint density at radius 3 is 2.35 bits per heavy atom. The molecular formula is C16H17ClF2S. The Morgan fingerprint density at radius 2 is 1.80 bits per heavy atom. The Morgan fingerprint density at radius 1 is 1.10 bits per heavy atom. The zero-order valence-corrected chi connectivity index (χ0v) is 13.3. The van der Waals surface area contributed by atoms with Crippen molar-refractivity contribution in [2.45, 2.75) is 38.0 Å². The molecule has 1 unspecified atom stereocenters. The van der Waals surface area contributed by atoms with E-state index in [0.29, 0.717) is 12.0 Å². The number of halogens is 3. The molecule has 108 valence electrons. The molecule has 0 aliphatic rings. The third-order valence-corrected chi connectivity index (χ3v) is 5.22. The summed E-state index contributed by atoms with van der Waals surface area (Å²) in [6.45, 7) is 6.46. The van der Waals surface area contributed by atoms with Crippen LogP contribution in [0.15, 0.2) is 30.3 Å². The van der Waals surface area contributed by atoms with Crippen molar-refractivity contribution in [2.75, 3.05) is 0 Å². The van der Waals surface area contributed by atoms with E-state index in [1.807, 2.05) is 6.07 Å². The molecule has 2 rings (SSSR count). The van der Waals surface area contributed by atoms with Crippen molar-refractivity contribution in [2.24, 2.45) is 0 Å². The Kier molecular flexibility index (Phi) is 4.50. The number of alkyl halides is 1. The van der Waals surface area contributed by atoms with Crippen molar-refractivity contribution in [3.05, 3.63) is 57.3 Å². The molecule has 1 aromatic carbocycles. The molecule has 0 saturated heterocycles. The van der Waals surface area contributed by atoms with Crippen molar-refractivity contribution in [3.63, 3.8) is 0 Å². The molecule has 0 aliphatic carbocycles. The number of hydrogen-bond donors (Lipinski definition) is 0. The summed E-state index contributed by atoms with van der Waals surface area (Å²) in [4.78, 5) is 2.32. The molecule has 20 heavy (non-hydrogen) atoms. The van der Waals surface area contributed by atoms with Gasteiger partial charge in [-0.15, -0.1) is 22.9 Å². The molecule has 0 N–H and O–H groups in total. The molecule has 0 bridgehead atoms. The largest absolute Gasteiger partial charge is 0.204 e. The summed E-state index contributed by atoms with van der Waals surface area (Å²) in [5.74, 6) is -1.65. The first kappa shape index (κ1) is 15.5. The lowest BCUT2D eigenvalue weighted by Gasteiger charge is -2.15. The molecule has 2 aromatic rings. The number of thiophene rings is 1. The van der Waals surface area contributed by atoms with E-state index in [2.05, 4.69) is 26.8 Å². The maximum Gasteiger partial charge on any atom is 0.159 e. The zero-order chi connectivity index (χ0) is 14.9. The SMILES string of the molecule is CC(C)(C)c1ccc(C(Cl)Cc2ccc(F)c(F)c2)s1. The lowest BCUT2D eigenvalue weighted by molar-refractivity contribution is 0.507. The van der Waals surface area contributed by atoms with Crippen LogP contribution in [-0.4, -0.2) is 0 Å². The van der Waals surface area contributed by atoms with Crippen LogP contribution < -0.4 is 0 Å². The van der Waals surface area contributed by atoms with Gasteiger partial charge in [0.2, 0.25) is 0 Å². The fourth-order valence-corrected chi connectivity index (χ4v) is 3.33. The number of benzene rings is 1. The highest BCUT2D eigenvalue weighted by Crippen LogP contribution is 2.36. The number of rotatable bonds is 3. The minimum atomic E-state index is -0.828. The molecule has 0 saturated carbocycles. The first-order chi connectivity index (χ1) is 9.27. The summed E-state index contributed by atoms with van der Waals surface area (Å²) in [5.41, 5.74) is 0.802. The van der Waals surface area contributed by atoms with Gasteiger partial charge in [0, 0.05) is 9.75 Å². The summed E-state index contributed by atoms with van der Waals surface area (Å²) >= 11 is 8.07. The fourth-order valence-electron chi connectivity index (χ4n) is 1.90. The molecule has 1 heterocycles. The van der Waals surface area contributed by atoms with E-state index < -0.39 is 11.6 Å². The Bertz CT molecular complexity index is 599. The third-order valence-electron chi connectivity index (χ3n) is 3.07. The summed E-state index contributed by atoms with van der Waals surface area (Å²) in [6.07, 6.45) is 0.489. The van der Waals surface area contributed by atoms with E-state index in [9.17, 15) is 8.78 Å². The van der Waals surface area contributed by atoms with Crippen LogP contribution in [0.3, 0.4) is 0 Å². The van der Waals surface area contributed by atoms with E-state index in [1.165, 1.54) is 10.9 Å². The highest BCUT2D eigenvalue weighted by molar-refractivity contribution is 7.12. The standard InChI is InChI=1S/C16H17ClF2S/c1-16(2,3)15-7-6-14(20-15)11(17)8-10-4-5-12(18)13(19)9-10/h4-7,9,11H,8H2,1-3H3. The highest BCUT2D eigenvalue weighted by Gasteiger charge is 2.19. The van der Waals surface area contributed by atoms with Crippen molar-refractivity contribution in [1.29, 1.82) is 0 Å². The molecule has 0 fully saturated rings. The van der Waals surface area contributed by atoms with Gasteiger partial charge in [-0.3, -0.25) is 0 Å². The van der Waals surface area contributed by atoms with Gasteiger partial charge in [0.05, 0.1) is 5.38 Å². The first-order valence-corrected chi connectivity index (χ1v) is 7.71. The van der Waals surface area contributed by atoms with E-state index >= 15 is 0 Å². The molecule has 1 atom stereocenters. The van der Waals surface area contributed by atoms with Crippen LogP contribution in [-0.2, 0) is 11.8 Å². The van der Waals surface area contributed by atoms with E-state index in [4.69, 9.17) is 11.6 Å². The minimum absolute atomic E-state index is 0.0987. The minimum Gasteiger partial charge on any atom is -0.204 e. The first-order valence-electron chi connectivity index (χ1n) is 6.45. The van der Waals surface area contributed by atoms with Gasteiger partial charge in [0.25, 0.3) is 0 Å². The van der Waals surface area contributed by atoms with Gasteiger partial charge in [-0.05, 0) is 41.7 Å². The predicted octanol–water partition coefficient (Wildman–Crippen LogP) is 5.85. The Hall–Kier alpha value is -0.930. The normalized spacial score (nSPS) is 13.5. The van der Waals surface area contributed by atoms with Crippen LogP contribution in [0, 0.1) is 11.6 Å². The second-order valence-corrected chi connectivity index (χ2v) is 7.51. The summed E-state index contributed by atoms with van der Waals surface area (Å²) in [5, 5.41) is -0.221. The van der Waals surface area contributed by atoms with E-state index in [-0.39, 0.29) is 10.8 Å². The summed E-state index contributed by atoms with van der Waals surface area (Å²) < 4.78 is 26.1. The second kappa shape index (κ2) is 5.82. The molecule has 1 aromatic heterocycles. The predicted molar refractivity (Wildman–Crippen MR) is 81.7 cm³/mol. The Balaban J connectivity index is 2.13. The van der Waals surface area contributed by atoms with Crippen molar-refractivity contribution in [3.8, 4) is 0 Å². The lowest BCUT2D eigenvalue weighted by Crippen LogP contribution is -2.07. The van der Waals surface area contributed by atoms with Gasteiger partial charge in [-0.25, -0.2) is 8.78 Å². The van der Waals surface area contributed by atoms with Crippen LogP contribution in [0.1, 0.15) is 41.5 Å². The van der Waals surface area contributed by atoms with E-state index in [1.54, 1.807) is 17.4 Å². The Labute approximate surface area is 127 Å². The summed E-state index contributed by atoms with van der Waals surface area (Å²) in [6, 6.07) is 8.03. The zero-order valence-electron chi connectivity index (χ0n) is 11.7. The highest BCUT2D eigenvalue weighted by atomic mass is 35.5. The van der Waals surface area contributed by atoms with Crippen molar-refractivity contribution in [1.82, 2.24) is 0 Å². The molecule has 0 aliphatic heterocycles. The topological polar surface area (TPSA) is 0 Å². The third kappa shape index (κ3) is 3.58. The quantitative estimate of drug-likeness (QED) is 0.624. The second-order valence-electron chi connectivity index (χ2n) is 5.87. The van der Waals surface area contributed by atoms with Crippen LogP contribution in [0.4, 0.5) is 8.78 Å². The van der Waals surface area contributed by atoms with Gasteiger partial charge in [0.1, 0.15) is 0 Å². The van der Waals surface area contributed by atoms with Crippen LogP contribution in [0.25, 0.3) is 0 Å². The molecule has 0 spiro atoms. The average Bonchev–Trinajstić information content (AvgIpc) is 2.83. The molecule has 4 heteroatoms. The lowest BCUT2D eigenvalue weighted by atomic mass is 9.95. The molecular weight excluding hydrogens is 298 g/mol. The van der Waals surface area contributed by atoms with Gasteiger partial charge >= 0.3 is 0 Å². The van der Waals surface area contributed by atoms with Gasteiger partial charge < -0.3 is 0 Å². The van der Waals surface area contributed by atoms with Gasteiger partial charge in [-0.1, -0.05) is 26.8 Å². The number of hydrogen-bond acceptors (Lipinski definition) is 1. The average molecular weight is 315 g/mol. The van der Waals surface area contributed by atoms with Crippen molar-refractivity contribution < 1.29 is 8.78 Å². The molecule has 0 nitrogen and oxygen atoms in total. The molecule has 0 radical (unpaired) electrons. The van der Waals surface area contributed by atoms with Gasteiger partial charge in [0.15, 0.2) is 11.6 Å². The van der Waals surface area contributed by atoms with Crippen LogP contribution in [0.5, 0.6) is 0 Å². The monoisotopic (exact) mass is 314 g/mol. The van der Waals surface area contributed by atoms with Crippen LogP contribution in [0.2, 0.25) is 0 Å². The van der Waals surface area contributed by atoms with Gasteiger partial charge in [-0.2, -0.15) is 0 Å².